The fourth-order valence-corrected chi connectivity index (χ4v) is 4.29. The molecule has 0 aromatic heterocycles. The Bertz CT molecular complexity index is 869. The zero-order valence-electron chi connectivity index (χ0n) is 14.9. The van der Waals surface area contributed by atoms with Crippen molar-refractivity contribution in [3.8, 4) is 0 Å². The Balaban J connectivity index is 1.53. The second-order valence-corrected chi connectivity index (χ2v) is 8.75. The highest BCUT2D eigenvalue weighted by Gasteiger charge is 2.28. The van der Waals surface area contributed by atoms with E-state index in [0.29, 0.717) is 25.7 Å². The van der Waals surface area contributed by atoms with Crippen molar-refractivity contribution in [3.05, 3.63) is 42.5 Å². The Hall–Kier alpha value is -2.12. The number of amides is 1. The van der Waals surface area contributed by atoms with E-state index in [1.54, 1.807) is 6.92 Å². The lowest BCUT2D eigenvalue weighted by Crippen LogP contribution is -2.42. The maximum Gasteiger partial charge on any atom is 0.241 e. The van der Waals surface area contributed by atoms with Crippen molar-refractivity contribution >= 4 is 32.4 Å². The summed E-state index contributed by atoms with van der Waals surface area (Å²) in [5.74, 6) is -0.0582. The predicted octanol–water partition coefficient (Wildman–Crippen LogP) is 2.78. The van der Waals surface area contributed by atoms with Gasteiger partial charge in [-0.3, -0.25) is 15.6 Å². The van der Waals surface area contributed by atoms with Gasteiger partial charge in [0.25, 0.3) is 0 Å². The van der Waals surface area contributed by atoms with Crippen molar-refractivity contribution in [2.24, 2.45) is 5.92 Å². The largest absolute Gasteiger partial charge is 0.298 e. The van der Waals surface area contributed by atoms with Gasteiger partial charge in [-0.25, -0.2) is 13.1 Å². The molecule has 1 aliphatic rings. The smallest absolute Gasteiger partial charge is 0.241 e. The van der Waals surface area contributed by atoms with Crippen molar-refractivity contribution in [1.29, 1.82) is 0 Å². The maximum absolute atomic E-state index is 12.4. The fourth-order valence-electron chi connectivity index (χ4n) is 3.38. The van der Waals surface area contributed by atoms with E-state index in [2.05, 4.69) is 15.6 Å². The van der Waals surface area contributed by atoms with E-state index in [9.17, 15) is 13.2 Å². The van der Waals surface area contributed by atoms with Crippen LogP contribution in [0.25, 0.3) is 10.8 Å². The number of hydrazine groups is 1. The van der Waals surface area contributed by atoms with Crippen LogP contribution in [0.15, 0.2) is 42.5 Å². The summed E-state index contributed by atoms with van der Waals surface area (Å²) < 4.78 is 26.0. The number of sulfonamides is 1. The van der Waals surface area contributed by atoms with E-state index in [1.165, 1.54) is 0 Å². The highest BCUT2D eigenvalue weighted by atomic mass is 32.2. The van der Waals surface area contributed by atoms with Crippen LogP contribution in [0.2, 0.25) is 0 Å². The van der Waals surface area contributed by atoms with E-state index < -0.39 is 10.0 Å². The van der Waals surface area contributed by atoms with Gasteiger partial charge in [-0.05, 0) is 44.1 Å². The van der Waals surface area contributed by atoms with Crippen molar-refractivity contribution < 1.29 is 13.2 Å². The van der Waals surface area contributed by atoms with Gasteiger partial charge < -0.3 is 0 Å². The monoisotopic (exact) mass is 375 g/mol. The van der Waals surface area contributed by atoms with E-state index in [-0.39, 0.29) is 23.6 Å². The lowest BCUT2D eigenvalue weighted by atomic mass is 9.86. The Morgan fingerprint density at radius 3 is 2.46 bits per heavy atom. The van der Waals surface area contributed by atoms with E-state index in [1.807, 2.05) is 42.5 Å². The molecule has 3 rings (SSSR count). The minimum Gasteiger partial charge on any atom is -0.298 e. The van der Waals surface area contributed by atoms with E-state index in [0.717, 1.165) is 16.5 Å². The molecule has 0 aliphatic heterocycles. The van der Waals surface area contributed by atoms with Crippen LogP contribution in [0, 0.1) is 5.92 Å². The zero-order chi connectivity index (χ0) is 18.6. The molecule has 0 heterocycles. The van der Waals surface area contributed by atoms with Crippen LogP contribution < -0.4 is 15.6 Å². The summed E-state index contributed by atoms with van der Waals surface area (Å²) in [6, 6.07) is 13.8. The molecule has 2 aromatic rings. The molecular formula is C19H25N3O3S. The molecule has 0 atom stereocenters. The average molecular weight is 375 g/mol. The summed E-state index contributed by atoms with van der Waals surface area (Å²) in [7, 11) is -3.19. The number of nitrogens with one attached hydrogen (secondary N) is 3. The van der Waals surface area contributed by atoms with Crippen LogP contribution in [0.5, 0.6) is 0 Å². The zero-order valence-corrected chi connectivity index (χ0v) is 15.7. The summed E-state index contributed by atoms with van der Waals surface area (Å²) in [6.45, 7) is 1.63. The first-order chi connectivity index (χ1) is 12.5. The van der Waals surface area contributed by atoms with Crippen molar-refractivity contribution in [2.45, 2.75) is 38.6 Å². The van der Waals surface area contributed by atoms with Gasteiger partial charge in [-0.15, -0.1) is 0 Å². The van der Waals surface area contributed by atoms with E-state index >= 15 is 0 Å². The fraction of sp³-hybridized carbons (Fsp3) is 0.421. The maximum atomic E-state index is 12.4. The van der Waals surface area contributed by atoms with Crippen molar-refractivity contribution in [3.63, 3.8) is 0 Å². The molecule has 1 fully saturated rings. The van der Waals surface area contributed by atoms with Crippen LogP contribution in [0.4, 0.5) is 5.69 Å². The molecule has 2 aromatic carbocycles. The van der Waals surface area contributed by atoms with E-state index in [4.69, 9.17) is 0 Å². The number of hydrogen-bond donors (Lipinski definition) is 3. The Labute approximate surface area is 154 Å². The SMILES string of the molecule is CCS(=O)(=O)NC1CCC(C(=O)NNc2cccc3ccccc23)CC1. The second-order valence-electron chi connectivity index (χ2n) is 6.71. The van der Waals surface area contributed by atoms with Gasteiger partial charge >= 0.3 is 0 Å². The van der Waals surface area contributed by atoms with Gasteiger partial charge in [0.15, 0.2) is 0 Å². The van der Waals surface area contributed by atoms with Gasteiger partial charge in [0.05, 0.1) is 11.4 Å². The van der Waals surface area contributed by atoms with Gasteiger partial charge in [0.2, 0.25) is 15.9 Å². The summed E-state index contributed by atoms with van der Waals surface area (Å²) in [5, 5.41) is 2.16. The first kappa shape index (κ1) is 18.7. The molecule has 1 amide bonds. The number of rotatable bonds is 6. The van der Waals surface area contributed by atoms with Crippen LogP contribution in [-0.2, 0) is 14.8 Å². The molecule has 7 heteroatoms. The Morgan fingerprint density at radius 2 is 1.73 bits per heavy atom. The highest BCUT2D eigenvalue weighted by molar-refractivity contribution is 7.89. The molecule has 140 valence electrons. The second kappa shape index (κ2) is 8.05. The van der Waals surface area contributed by atoms with Crippen molar-refractivity contribution in [2.75, 3.05) is 11.2 Å². The first-order valence-electron chi connectivity index (χ1n) is 9.02. The third-order valence-electron chi connectivity index (χ3n) is 4.93. The third-order valence-corrected chi connectivity index (χ3v) is 6.39. The van der Waals surface area contributed by atoms with Gasteiger partial charge in [0.1, 0.15) is 0 Å². The highest BCUT2D eigenvalue weighted by Crippen LogP contribution is 2.26. The number of fused-ring (bicyclic) bond motifs is 1. The van der Waals surface area contributed by atoms with Gasteiger partial charge in [0, 0.05) is 17.3 Å². The lowest BCUT2D eigenvalue weighted by Gasteiger charge is -2.28. The molecule has 0 unspecified atom stereocenters. The topological polar surface area (TPSA) is 87.3 Å². The van der Waals surface area contributed by atoms with Gasteiger partial charge in [-0.1, -0.05) is 36.4 Å². The quantitative estimate of drug-likeness (QED) is 0.678. The molecule has 0 spiro atoms. The minimum absolute atomic E-state index is 0.0465. The lowest BCUT2D eigenvalue weighted by molar-refractivity contribution is -0.125. The van der Waals surface area contributed by atoms with Crippen LogP contribution >= 0.6 is 0 Å². The number of benzene rings is 2. The summed E-state index contributed by atoms with van der Waals surface area (Å²) in [5.41, 5.74) is 6.70. The number of carbonyl (C=O) groups is 1. The first-order valence-corrected chi connectivity index (χ1v) is 10.7. The molecule has 26 heavy (non-hydrogen) atoms. The Morgan fingerprint density at radius 1 is 1.04 bits per heavy atom. The molecule has 6 nitrogen and oxygen atoms in total. The standard InChI is InChI=1S/C19H25N3O3S/c1-2-26(24,25)22-16-12-10-15(11-13-16)19(23)21-20-18-9-5-7-14-6-3-4-8-17(14)18/h3-9,15-16,20,22H,2,10-13H2,1H3,(H,21,23). The minimum atomic E-state index is -3.19. The predicted molar refractivity (Wildman–Crippen MR) is 104 cm³/mol. The molecular weight excluding hydrogens is 350 g/mol. The summed E-state index contributed by atoms with van der Waals surface area (Å²) in [4.78, 5) is 12.4. The molecule has 1 saturated carbocycles. The molecule has 3 N–H and O–H groups in total. The summed E-state index contributed by atoms with van der Waals surface area (Å²) in [6.07, 6.45) is 2.73. The van der Waals surface area contributed by atoms with Crippen molar-refractivity contribution in [1.82, 2.24) is 10.1 Å². The number of anilines is 1. The normalized spacial score (nSPS) is 20.7. The summed E-state index contributed by atoms with van der Waals surface area (Å²) >= 11 is 0. The molecule has 0 bridgehead atoms. The van der Waals surface area contributed by atoms with Crippen LogP contribution in [0.3, 0.4) is 0 Å². The average Bonchev–Trinajstić information content (AvgIpc) is 2.66. The molecule has 0 radical (unpaired) electrons. The Kier molecular flexibility index (Phi) is 5.78. The van der Waals surface area contributed by atoms with Gasteiger partial charge in [-0.2, -0.15) is 0 Å². The number of hydrogen-bond acceptors (Lipinski definition) is 4. The molecule has 0 saturated heterocycles. The molecule has 1 aliphatic carbocycles. The van der Waals surface area contributed by atoms with Crippen LogP contribution in [0.1, 0.15) is 32.6 Å². The third kappa shape index (κ3) is 4.53. The van der Waals surface area contributed by atoms with Crippen LogP contribution in [-0.4, -0.2) is 26.1 Å². The number of carbonyl (C=O) groups excluding carboxylic acids is 1.